The van der Waals surface area contributed by atoms with Crippen LogP contribution in [0.25, 0.3) is 11.3 Å². The monoisotopic (exact) mass is 325 g/mol. The number of aryl methyl sites for hydroxylation is 1. The standard InChI is InChI=1S/C18H16ClN3O/c1-2-22-12-16(13-6-4-3-5-7-13)20-18(22)21-17(23)14-8-10-15(19)11-9-14/h3-12H,2H2,1H3,(H,20,21,23). The van der Waals surface area contributed by atoms with Gasteiger partial charge in [-0.25, -0.2) is 4.98 Å². The van der Waals surface area contributed by atoms with Crippen LogP contribution in [0.5, 0.6) is 0 Å². The van der Waals surface area contributed by atoms with Crippen molar-refractivity contribution in [3.8, 4) is 11.3 Å². The summed E-state index contributed by atoms with van der Waals surface area (Å²) in [5, 5.41) is 3.46. The number of carbonyl (C=O) groups excluding carboxylic acids is 1. The Kier molecular flexibility index (Phi) is 4.44. The van der Waals surface area contributed by atoms with E-state index in [-0.39, 0.29) is 5.91 Å². The highest BCUT2D eigenvalue weighted by molar-refractivity contribution is 6.30. The third kappa shape index (κ3) is 3.43. The molecule has 0 aliphatic heterocycles. The number of nitrogens with one attached hydrogen (secondary N) is 1. The maximum absolute atomic E-state index is 12.3. The number of nitrogens with zero attached hydrogens (tertiary/aromatic N) is 2. The van der Waals surface area contributed by atoms with Crippen molar-refractivity contribution in [3.05, 3.63) is 71.4 Å². The highest BCUT2D eigenvalue weighted by Gasteiger charge is 2.12. The number of imidazole rings is 1. The number of benzene rings is 2. The van der Waals surface area contributed by atoms with Crippen molar-refractivity contribution < 1.29 is 4.79 Å². The molecule has 0 aliphatic rings. The summed E-state index contributed by atoms with van der Waals surface area (Å²) in [4.78, 5) is 16.9. The summed E-state index contributed by atoms with van der Waals surface area (Å²) >= 11 is 5.85. The largest absolute Gasteiger partial charge is 0.317 e. The van der Waals surface area contributed by atoms with Crippen LogP contribution in [0.2, 0.25) is 5.02 Å². The SMILES string of the molecule is CCn1cc(-c2ccccc2)nc1NC(=O)c1ccc(Cl)cc1. The summed E-state index contributed by atoms with van der Waals surface area (Å²) in [6.07, 6.45) is 1.94. The minimum atomic E-state index is -0.207. The third-order valence-electron chi connectivity index (χ3n) is 3.52. The average molecular weight is 326 g/mol. The molecule has 23 heavy (non-hydrogen) atoms. The summed E-state index contributed by atoms with van der Waals surface area (Å²) in [5.74, 6) is 0.327. The Hall–Kier alpha value is -2.59. The van der Waals surface area contributed by atoms with Gasteiger partial charge in [-0.1, -0.05) is 41.9 Å². The van der Waals surface area contributed by atoms with Crippen molar-refractivity contribution >= 4 is 23.5 Å². The predicted molar refractivity (Wildman–Crippen MR) is 92.7 cm³/mol. The molecule has 3 rings (SSSR count). The Bertz CT molecular complexity index is 810. The van der Waals surface area contributed by atoms with Crippen LogP contribution in [0.4, 0.5) is 5.95 Å². The summed E-state index contributed by atoms with van der Waals surface area (Å²) < 4.78 is 1.91. The van der Waals surface area contributed by atoms with Gasteiger partial charge < -0.3 is 4.57 Å². The van der Waals surface area contributed by atoms with E-state index in [0.29, 0.717) is 16.5 Å². The van der Waals surface area contributed by atoms with Gasteiger partial charge >= 0.3 is 0 Å². The number of aromatic nitrogens is 2. The number of hydrogen-bond acceptors (Lipinski definition) is 2. The minimum Gasteiger partial charge on any atom is -0.317 e. The number of rotatable bonds is 4. The van der Waals surface area contributed by atoms with Crippen LogP contribution in [0.3, 0.4) is 0 Å². The lowest BCUT2D eigenvalue weighted by Crippen LogP contribution is -2.15. The molecule has 0 spiro atoms. The van der Waals surface area contributed by atoms with Gasteiger partial charge in [0, 0.05) is 28.9 Å². The molecule has 116 valence electrons. The van der Waals surface area contributed by atoms with E-state index in [1.165, 1.54) is 0 Å². The molecule has 0 saturated heterocycles. The fourth-order valence-electron chi connectivity index (χ4n) is 2.28. The molecule has 0 atom stereocenters. The van der Waals surface area contributed by atoms with Gasteiger partial charge in [0.05, 0.1) is 5.69 Å². The summed E-state index contributed by atoms with van der Waals surface area (Å²) in [6.45, 7) is 2.73. The molecule has 0 radical (unpaired) electrons. The van der Waals surface area contributed by atoms with Gasteiger partial charge in [0.1, 0.15) is 0 Å². The van der Waals surface area contributed by atoms with Crippen molar-refractivity contribution in [1.29, 1.82) is 0 Å². The Morgan fingerprint density at radius 2 is 1.83 bits per heavy atom. The number of anilines is 1. The molecule has 0 unspecified atom stereocenters. The first-order valence-corrected chi connectivity index (χ1v) is 7.74. The maximum atomic E-state index is 12.3. The molecule has 1 aromatic heterocycles. The lowest BCUT2D eigenvalue weighted by molar-refractivity contribution is 0.102. The molecule has 4 nitrogen and oxygen atoms in total. The molecule has 0 bridgehead atoms. The topological polar surface area (TPSA) is 46.9 Å². The van der Waals surface area contributed by atoms with Gasteiger partial charge in [-0.05, 0) is 31.2 Å². The first-order valence-electron chi connectivity index (χ1n) is 7.37. The van der Waals surface area contributed by atoms with Gasteiger partial charge in [-0.15, -0.1) is 0 Å². The van der Waals surface area contributed by atoms with Crippen LogP contribution in [0.1, 0.15) is 17.3 Å². The molecule has 0 saturated carbocycles. The van der Waals surface area contributed by atoms with E-state index < -0.39 is 0 Å². The zero-order valence-electron chi connectivity index (χ0n) is 12.7. The third-order valence-corrected chi connectivity index (χ3v) is 3.77. The lowest BCUT2D eigenvalue weighted by atomic mass is 10.2. The number of hydrogen-bond donors (Lipinski definition) is 1. The number of halogens is 1. The predicted octanol–water partition coefficient (Wildman–Crippen LogP) is 4.48. The van der Waals surface area contributed by atoms with E-state index in [4.69, 9.17) is 11.6 Å². The van der Waals surface area contributed by atoms with Gasteiger partial charge in [0.25, 0.3) is 5.91 Å². The van der Waals surface area contributed by atoms with Gasteiger partial charge in [0.2, 0.25) is 5.95 Å². The molecule has 3 aromatic rings. The lowest BCUT2D eigenvalue weighted by Gasteiger charge is -2.06. The van der Waals surface area contributed by atoms with Crippen LogP contribution < -0.4 is 5.32 Å². The van der Waals surface area contributed by atoms with Crippen LogP contribution in [0, 0.1) is 0 Å². The van der Waals surface area contributed by atoms with E-state index in [1.807, 2.05) is 48.0 Å². The van der Waals surface area contributed by atoms with Crippen molar-refractivity contribution in [2.45, 2.75) is 13.5 Å². The Morgan fingerprint density at radius 1 is 1.13 bits per heavy atom. The molecule has 1 heterocycles. The van der Waals surface area contributed by atoms with E-state index in [2.05, 4.69) is 10.3 Å². The van der Waals surface area contributed by atoms with Crippen molar-refractivity contribution in [2.75, 3.05) is 5.32 Å². The van der Waals surface area contributed by atoms with Crippen molar-refractivity contribution in [2.24, 2.45) is 0 Å². The molecule has 1 N–H and O–H groups in total. The Labute approximate surface area is 139 Å². The fourth-order valence-corrected chi connectivity index (χ4v) is 2.41. The zero-order valence-corrected chi connectivity index (χ0v) is 13.4. The summed E-state index contributed by atoms with van der Waals surface area (Å²) in [6, 6.07) is 16.6. The van der Waals surface area contributed by atoms with Gasteiger partial charge in [-0.2, -0.15) is 0 Å². The first-order chi connectivity index (χ1) is 11.2. The molecule has 5 heteroatoms. The molecule has 1 amide bonds. The molecular formula is C18H16ClN3O. The smallest absolute Gasteiger partial charge is 0.257 e. The van der Waals surface area contributed by atoms with E-state index in [9.17, 15) is 4.79 Å². The molecule has 0 aliphatic carbocycles. The van der Waals surface area contributed by atoms with Crippen molar-refractivity contribution in [1.82, 2.24) is 9.55 Å². The number of amides is 1. The highest BCUT2D eigenvalue weighted by Crippen LogP contribution is 2.21. The second-order valence-electron chi connectivity index (χ2n) is 5.06. The van der Waals surface area contributed by atoms with Gasteiger partial charge in [0.15, 0.2) is 0 Å². The molecular weight excluding hydrogens is 310 g/mol. The molecule has 2 aromatic carbocycles. The second kappa shape index (κ2) is 6.67. The summed E-state index contributed by atoms with van der Waals surface area (Å²) in [5.41, 5.74) is 2.39. The number of carbonyl (C=O) groups is 1. The van der Waals surface area contributed by atoms with Crippen LogP contribution in [0.15, 0.2) is 60.8 Å². The Morgan fingerprint density at radius 3 is 2.48 bits per heavy atom. The minimum absolute atomic E-state index is 0.207. The maximum Gasteiger partial charge on any atom is 0.257 e. The quantitative estimate of drug-likeness (QED) is 0.769. The van der Waals surface area contributed by atoms with E-state index in [0.717, 1.165) is 17.8 Å². The first kappa shape index (κ1) is 15.3. The van der Waals surface area contributed by atoms with Crippen LogP contribution >= 0.6 is 11.6 Å². The second-order valence-corrected chi connectivity index (χ2v) is 5.50. The van der Waals surface area contributed by atoms with E-state index in [1.54, 1.807) is 24.3 Å². The summed E-state index contributed by atoms with van der Waals surface area (Å²) in [7, 11) is 0. The van der Waals surface area contributed by atoms with Crippen molar-refractivity contribution in [3.63, 3.8) is 0 Å². The molecule has 0 fully saturated rings. The normalized spacial score (nSPS) is 10.5. The van der Waals surface area contributed by atoms with Gasteiger partial charge in [-0.3, -0.25) is 10.1 Å². The van der Waals surface area contributed by atoms with Crippen LogP contribution in [-0.2, 0) is 6.54 Å². The fraction of sp³-hybridized carbons (Fsp3) is 0.111. The average Bonchev–Trinajstić information content (AvgIpc) is 2.99. The Balaban J connectivity index is 1.86. The van der Waals surface area contributed by atoms with E-state index >= 15 is 0 Å². The highest BCUT2D eigenvalue weighted by atomic mass is 35.5. The van der Waals surface area contributed by atoms with Crippen LogP contribution in [-0.4, -0.2) is 15.5 Å². The zero-order chi connectivity index (χ0) is 16.2.